The Balaban J connectivity index is 1.38. The van der Waals surface area contributed by atoms with Gasteiger partial charge < -0.3 is 19.8 Å². The van der Waals surface area contributed by atoms with Gasteiger partial charge in [0.05, 0.1) is 28.6 Å². The Kier molecular flexibility index (Phi) is 7.14. The highest BCUT2D eigenvalue weighted by Gasteiger charge is 2.48. The lowest BCUT2D eigenvalue weighted by atomic mass is 9.94. The van der Waals surface area contributed by atoms with E-state index in [2.05, 4.69) is 20.9 Å². The van der Waals surface area contributed by atoms with Crippen molar-refractivity contribution >= 4 is 27.5 Å². The molecule has 0 unspecified atom stereocenters. The molecule has 0 bridgehead atoms. The Hall–Kier alpha value is -4.73. The van der Waals surface area contributed by atoms with E-state index in [1.807, 2.05) is 4.90 Å². The average molecular weight is 632 g/mol. The highest BCUT2D eigenvalue weighted by atomic mass is 19.3. The summed E-state index contributed by atoms with van der Waals surface area (Å²) in [6, 6.07) is 5.08. The van der Waals surface area contributed by atoms with E-state index in [1.165, 1.54) is 30.5 Å². The molecule has 2 atom stereocenters. The van der Waals surface area contributed by atoms with Gasteiger partial charge in [-0.3, -0.25) is 9.88 Å². The number of fused-ring (bicyclic) bond motifs is 3. The maximum Gasteiger partial charge on any atom is 0.319 e. The molecule has 4 aromatic rings. The number of benzene rings is 2. The van der Waals surface area contributed by atoms with Crippen LogP contribution in [0.1, 0.15) is 31.7 Å². The van der Waals surface area contributed by atoms with Gasteiger partial charge in [0.1, 0.15) is 35.2 Å². The monoisotopic (exact) mass is 631 g/mol. The molecule has 2 saturated heterocycles. The van der Waals surface area contributed by atoms with Crippen molar-refractivity contribution in [1.82, 2.24) is 19.9 Å². The van der Waals surface area contributed by atoms with Crippen LogP contribution < -0.4 is 9.64 Å². The number of aromatic nitrogens is 3. The van der Waals surface area contributed by atoms with Crippen molar-refractivity contribution in [3.05, 3.63) is 71.5 Å². The Morgan fingerprint density at radius 3 is 2.78 bits per heavy atom. The van der Waals surface area contributed by atoms with Crippen molar-refractivity contribution in [2.24, 2.45) is 0 Å². The van der Waals surface area contributed by atoms with E-state index in [1.54, 1.807) is 24.0 Å². The first-order valence-corrected chi connectivity index (χ1v) is 14.8. The van der Waals surface area contributed by atoms with Crippen LogP contribution in [0.2, 0.25) is 0 Å². The van der Waals surface area contributed by atoms with E-state index in [0.29, 0.717) is 24.9 Å². The van der Waals surface area contributed by atoms with E-state index in [-0.39, 0.29) is 82.4 Å². The molecule has 46 heavy (non-hydrogen) atoms. The molecular formula is C34H29F4N5O3. The van der Waals surface area contributed by atoms with Crippen molar-refractivity contribution in [2.75, 3.05) is 37.7 Å². The fourth-order valence-electron chi connectivity index (χ4n) is 7.03. The van der Waals surface area contributed by atoms with Crippen LogP contribution in [0.4, 0.5) is 23.4 Å². The zero-order valence-electron chi connectivity index (χ0n) is 24.8. The summed E-state index contributed by atoms with van der Waals surface area (Å²) >= 11 is 0. The minimum atomic E-state index is -1.68. The predicted molar refractivity (Wildman–Crippen MR) is 165 cm³/mol. The number of β-amino-alcohol motifs (C(OH)–C–C–N with tert-alkyl or cyclic N) is 1. The summed E-state index contributed by atoms with van der Waals surface area (Å²) in [6.45, 7) is 2.92. The van der Waals surface area contributed by atoms with E-state index in [4.69, 9.17) is 11.2 Å². The van der Waals surface area contributed by atoms with E-state index >= 15 is 4.39 Å². The number of ether oxygens (including phenoxy) is 1. The van der Waals surface area contributed by atoms with Crippen LogP contribution in [0.25, 0.3) is 32.9 Å². The third-order valence-electron chi connectivity index (χ3n) is 9.11. The van der Waals surface area contributed by atoms with Crippen LogP contribution in [-0.4, -0.2) is 74.0 Å². The molecule has 2 aromatic carbocycles. The number of aliphatic hydroxyl groups is 1. The van der Waals surface area contributed by atoms with Crippen LogP contribution in [0.3, 0.4) is 0 Å². The normalized spacial score (nSPS) is 22.9. The minimum absolute atomic E-state index is 0.00784. The van der Waals surface area contributed by atoms with Gasteiger partial charge in [-0.15, -0.1) is 6.42 Å². The number of terminal acetylenes is 1. The molecule has 5 heterocycles. The lowest BCUT2D eigenvalue weighted by Gasteiger charge is -2.34. The van der Waals surface area contributed by atoms with Crippen molar-refractivity contribution in [2.45, 2.75) is 37.3 Å². The number of halogens is 4. The summed E-state index contributed by atoms with van der Waals surface area (Å²) in [6.07, 6.45) is 10.4. The molecule has 7 rings (SSSR count). The van der Waals surface area contributed by atoms with Gasteiger partial charge in [0, 0.05) is 35.8 Å². The largest absolute Gasteiger partial charge is 0.508 e. The number of phenolic OH excluding ortho intramolecular Hbond substituents is 1. The topological polar surface area (TPSA) is 94.8 Å². The maximum absolute atomic E-state index is 16.7. The van der Waals surface area contributed by atoms with Crippen LogP contribution in [-0.2, 0) is 0 Å². The Morgan fingerprint density at radius 2 is 2.02 bits per heavy atom. The Bertz CT molecular complexity index is 2020. The summed E-state index contributed by atoms with van der Waals surface area (Å²) in [4.78, 5) is 17.1. The Morgan fingerprint density at radius 1 is 1.20 bits per heavy atom. The summed E-state index contributed by atoms with van der Waals surface area (Å²) in [7, 11) is 0. The van der Waals surface area contributed by atoms with Gasteiger partial charge in [-0.2, -0.15) is 18.7 Å². The molecule has 0 radical (unpaired) electrons. The lowest BCUT2D eigenvalue weighted by molar-refractivity contribution is 0.107. The second-order valence-electron chi connectivity index (χ2n) is 12.4. The molecule has 2 N–H and O–H groups in total. The number of rotatable bonds is 5. The fraction of sp³-hybridized carbons (Fsp3) is 0.324. The van der Waals surface area contributed by atoms with Gasteiger partial charge in [0.15, 0.2) is 5.82 Å². The van der Waals surface area contributed by atoms with Crippen molar-refractivity contribution in [3.63, 3.8) is 0 Å². The fourth-order valence-corrected chi connectivity index (χ4v) is 7.03. The zero-order chi connectivity index (χ0) is 32.4. The average Bonchev–Trinajstić information content (AvgIpc) is 3.57. The summed E-state index contributed by atoms with van der Waals surface area (Å²) < 4.78 is 64.7. The first-order chi connectivity index (χ1) is 22.0. The van der Waals surface area contributed by atoms with E-state index in [9.17, 15) is 23.4 Å². The number of phenols is 1. The van der Waals surface area contributed by atoms with Gasteiger partial charge in [0.25, 0.3) is 6.08 Å². The second kappa shape index (κ2) is 11.0. The molecule has 0 saturated carbocycles. The lowest BCUT2D eigenvalue weighted by Crippen LogP contribution is -2.44. The molecule has 8 nitrogen and oxygen atoms in total. The number of pyridine rings is 1. The first-order valence-electron chi connectivity index (χ1n) is 14.8. The smallest absolute Gasteiger partial charge is 0.319 e. The second-order valence-corrected chi connectivity index (χ2v) is 12.4. The van der Waals surface area contributed by atoms with Gasteiger partial charge >= 0.3 is 6.01 Å². The molecule has 2 aromatic heterocycles. The maximum atomic E-state index is 16.7. The van der Waals surface area contributed by atoms with Gasteiger partial charge in [-0.05, 0) is 56.3 Å². The molecule has 236 valence electrons. The molecule has 12 heteroatoms. The number of hydrogen-bond donors (Lipinski definition) is 2. The van der Waals surface area contributed by atoms with Gasteiger partial charge in [-0.1, -0.05) is 24.1 Å². The molecule has 0 amide bonds. The van der Waals surface area contributed by atoms with Crippen molar-refractivity contribution < 1.29 is 32.5 Å². The van der Waals surface area contributed by atoms with Gasteiger partial charge in [0.2, 0.25) is 0 Å². The third kappa shape index (κ3) is 5.00. The summed E-state index contributed by atoms with van der Waals surface area (Å²) in [5, 5.41) is 22.1. The van der Waals surface area contributed by atoms with Crippen LogP contribution in [0, 0.1) is 24.0 Å². The summed E-state index contributed by atoms with van der Waals surface area (Å²) in [5.41, 5.74) is -2.24. The minimum Gasteiger partial charge on any atom is -0.508 e. The van der Waals surface area contributed by atoms with Crippen LogP contribution in [0.5, 0.6) is 11.8 Å². The number of hydrogen-bond acceptors (Lipinski definition) is 8. The first kappa shape index (κ1) is 30.0. The Labute approximate surface area is 261 Å². The predicted octanol–water partition coefficient (Wildman–Crippen LogP) is 5.71. The molecule has 0 spiro atoms. The standard InChI is InChI=1S/C34H29F4N5O3/c1-3-22-25(35)7-6-19-12-21(44)13-23(26(19)22)28-27(36)29-24(15-39-28)31(42-10-4-8-33(2,45)17-42)41-32(40-29)46-18-34-9-5-11-43(34)16-20(14-34)30(37)38/h1,4,6-8,12-13,15,44-45H,5,9-11,14,16-18H2,2H3/t33-,34+/m1/s1. The quantitative estimate of drug-likeness (QED) is 0.165. The SMILES string of the molecule is C#Cc1c(F)ccc2cc(O)cc(-c3ncc4c(N5CC=C[C@@](C)(O)C5)nc(OC[C@@]56CCCN5CC(=C(F)F)C6)nc4c3F)c12. The number of aromatic hydroxyl groups is 1. The number of anilines is 1. The van der Waals surface area contributed by atoms with E-state index in [0.717, 1.165) is 6.42 Å². The molecular weight excluding hydrogens is 602 g/mol. The molecule has 3 aliphatic heterocycles. The number of nitrogens with zero attached hydrogens (tertiary/aromatic N) is 5. The van der Waals surface area contributed by atoms with Crippen molar-refractivity contribution in [3.8, 4) is 35.4 Å². The van der Waals surface area contributed by atoms with Crippen LogP contribution in [0.15, 0.2) is 54.3 Å². The van der Waals surface area contributed by atoms with Crippen LogP contribution >= 0.6 is 0 Å². The highest BCUT2D eigenvalue weighted by molar-refractivity contribution is 6.03. The third-order valence-corrected chi connectivity index (χ3v) is 9.11. The molecule has 0 aliphatic carbocycles. The van der Waals surface area contributed by atoms with E-state index < -0.39 is 28.9 Å². The zero-order valence-corrected chi connectivity index (χ0v) is 24.8. The van der Waals surface area contributed by atoms with Gasteiger partial charge in [-0.25, -0.2) is 8.78 Å². The highest BCUT2D eigenvalue weighted by Crippen LogP contribution is 2.43. The summed E-state index contributed by atoms with van der Waals surface area (Å²) in [5.74, 6) is 0.786. The molecule has 2 fully saturated rings. The molecule has 3 aliphatic rings. The van der Waals surface area contributed by atoms with Crippen molar-refractivity contribution in [1.29, 1.82) is 0 Å².